The van der Waals surface area contributed by atoms with Crippen LogP contribution in [0.1, 0.15) is 85.9 Å². The quantitative estimate of drug-likeness (QED) is 0.391. The molecule has 0 radical (unpaired) electrons. The molecule has 0 N–H and O–H groups in total. The molecule has 0 aliphatic rings. The van der Waals surface area contributed by atoms with Crippen molar-refractivity contribution in [2.24, 2.45) is 7.05 Å². The maximum atomic E-state index is 9.43. The van der Waals surface area contributed by atoms with E-state index >= 15 is 0 Å². The Kier molecular flexibility index (Phi) is 5.24. The zero-order valence-corrected chi connectivity index (χ0v) is 21.1. The molecule has 1 aromatic heterocycles. The molecule has 0 aliphatic carbocycles. The molecule has 1 heterocycles. The Balaban J connectivity index is 2.39. The molecular weight excluding hydrogens is 374 g/mol. The van der Waals surface area contributed by atoms with Gasteiger partial charge in [0.05, 0.1) is 1.37 Å². The average molecular weight is 417 g/mol. The standard InChI is InChI=1S/C30H40N/c1-21-18-23(28(2,3)4)16-17-24(21)27-19-25(29(5,6)7)26(20-31(27)10)30(8,9)22-14-12-11-13-15-22/h11-20H,1-10H3/q+1/i19D,20D. The molecule has 1 heteroatoms. The maximum absolute atomic E-state index is 9.43. The van der Waals surface area contributed by atoms with Crippen LogP contribution >= 0.6 is 0 Å². The van der Waals surface area contributed by atoms with Crippen molar-refractivity contribution in [1.82, 2.24) is 0 Å². The zero-order chi connectivity index (χ0) is 24.9. The third-order valence-electron chi connectivity index (χ3n) is 6.33. The number of hydrogen-bond donors (Lipinski definition) is 0. The predicted molar refractivity (Wildman–Crippen MR) is 134 cm³/mol. The normalized spacial score (nSPS) is 13.7. The summed E-state index contributed by atoms with van der Waals surface area (Å²) in [7, 11) is 1.93. The van der Waals surface area contributed by atoms with E-state index in [0.29, 0.717) is 12.2 Å². The monoisotopic (exact) mass is 416 g/mol. The zero-order valence-electron chi connectivity index (χ0n) is 23.1. The topological polar surface area (TPSA) is 3.88 Å². The maximum Gasteiger partial charge on any atom is 0.212 e. The average Bonchev–Trinajstić information content (AvgIpc) is 2.70. The van der Waals surface area contributed by atoms with Crippen molar-refractivity contribution in [1.29, 1.82) is 0 Å². The number of benzene rings is 2. The second kappa shape index (κ2) is 7.93. The van der Waals surface area contributed by atoms with Crippen molar-refractivity contribution in [3.63, 3.8) is 0 Å². The van der Waals surface area contributed by atoms with Gasteiger partial charge >= 0.3 is 0 Å². The summed E-state index contributed by atoms with van der Waals surface area (Å²) in [5.41, 5.74) is 6.68. The van der Waals surface area contributed by atoms with Crippen molar-refractivity contribution < 1.29 is 7.31 Å². The number of nitrogens with zero attached hydrogens (tertiary/aromatic N) is 1. The van der Waals surface area contributed by atoms with Crippen molar-refractivity contribution >= 4 is 0 Å². The van der Waals surface area contributed by atoms with Crippen molar-refractivity contribution in [2.75, 3.05) is 0 Å². The van der Waals surface area contributed by atoms with Crippen LogP contribution in [-0.4, -0.2) is 0 Å². The first-order valence-corrected chi connectivity index (χ1v) is 11.3. The van der Waals surface area contributed by atoms with E-state index in [2.05, 4.69) is 92.6 Å². The highest BCUT2D eigenvalue weighted by Crippen LogP contribution is 2.39. The lowest BCUT2D eigenvalue weighted by molar-refractivity contribution is -0.661. The minimum atomic E-state index is -0.405. The van der Waals surface area contributed by atoms with Crippen LogP contribution in [0.2, 0.25) is 0 Å². The molecule has 0 aliphatic heterocycles. The first-order valence-electron chi connectivity index (χ1n) is 12.3. The lowest BCUT2D eigenvalue weighted by Crippen LogP contribution is -2.37. The summed E-state index contributed by atoms with van der Waals surface area (Å²) in [5.74, 6) is 0. The summed E-state index contributed by atoms with van der Waals surface area (Å²) < 4.78 is 20.6. The molecule has 0 spiro atoms. The number of aromatic nitrogens is 1. The molecule has 0 saturated carbocycles. The van der Waals surface area contributed by atoms with Crippen LogP contribution in [0.3, 0.4) is 0 Å². The van der Waals surface area contributed by atoms with Gasteiger partial charge in [0.25, 0.3) is 0 Å². The Hall–Kier alpha value is -2.41. The Morgan fingerprint density at radius 3 is 1.87 bits per heavy atom. The lowest BCUT2D eigenvalue weighted by atomic mass is 9.71. The summed E-state index contributed by atoms with van der Waals surface area (Å²) in [6.07, 6.45) is 0.471. The summed E-state index contributed by atoms with van der Waals surface area (Å²) in [4.78, 5) is 0. The number of pyridine rings is 1. The van der Waals surface area contributed by atoms with E-state index in [4.69, 9.17) is 0 Å². The van der Waals surface area contributed by atoms with E-state index in [1.165, 1.54) is 5.56 Å². The van der Waals surface area contributed by atoms with Gasteiger partial charge in [-0.1, -0.05) is 97.9 Å². The summed E-state index contributed by atoms with van der Waals surface area (Å²) >= 11 is 0. The Morgan fingerprint density at radius 1 is 0.742 bits per heavy atom. The van der Waals surface area contributed by atoms with Crippen LogP contribution in [-0.2, 0) is 23.3 Å². The molecule has 0 fully saturated rings. The Labute approximate surface area is 193 Å². The van der Waals surface area contributed by atoms with Crippen LogP contribution in [0.15, 0.2) is 60.7 Å². The minimum Gasteiger partial charge on any atom is -0.201 e. The summed E-state index contributed by atoms with van der Waals surface area (Å²) in [5, 5.41) is 0. The highest BCUT2D eigenvalue weighted by Gasteiger charge is 2.34. The van der Waals surface area contributed by atoms with Gasteiger partial charge in [-0.05, 0) is 46.1 Å². The summed E-state index contributed by atoms with van der Waals surface area (Å²) in [6.45, 7) is 19.6. The molecule has 1 nitrogen and oxygen atoms in total. The molecular formula is C30H40N+. The lowest BCUT2D eigenvalue weighted by Gasteiger charge is -2.32. The number of hydrogen-bond acceptors (Lipinski definition) is 0. The highest BCUT2D eigenvalue weighted by molar-refractivity contribution is 5.64. The van der Waals surface area contributed by atoms with Crippen LogP contribution < -0.4 is 4.57 Å². The van der Waals surface area contributed by atoms with Gasteiger partial charge in [-0.15, -0.1) is 0 Å². The van der Waals surface area contributed by atoms with Gasteiger partial charge < -0.3 is 0 Å². The van der Waals surface area contributed by atoms with Crippen LogP contribution in [0.4, 0.5) is 0 Å². The van der Waals surface area contributed by atoms with Gasteiger partial charge in [-0.25, -0.2) is 4.57 Å². The fourth-order valence-corrected chi connectivity index (χ4v) is 4.20. The molecule has 164 valence electrons. The number of rotatable bonds is 3. The van der Waals surface area contributed by atoms with Gasteiger partial charge in [0.2, 0.25) is 5.69 Å². The molecule has 31 heavy (non-hydrogen) atoms. The molecule has 0 saturated heterocycles. The van der Waals surface area contributed by atoms with Gasteiger partial charge in [0.15, 0.2) is 6.17 Å². The SMILES string of the molecule is [2H]c1c(C(C)(C)C)c(C(C)(C)c2ccccc2)c([2H])[n+](C)c1-c1ccc(C(C)(C)C)cc1C. The van der Waals surface area contributed by atoms with Gasteiger partial charge in [0, 0.05) is 22.6 Å². The number of aryl methyl sites for hydroxylation is 1. The van der Waals surface area contributed by atoms with Gasteiger partial charge in [-0.2, -0.15) is 0 Å². The molecule has 2 aromatic carbocycles. The van der Waals surface area contributed by atoms with E-state index in [9.17, 15) is 2.74 Å². The van der Waals surface area contributed by atoms with Crippen LogP contribution in [0.5, 0.6) is 0 Å². The molecule has 0 atom stereocenters. The van der Waals surface area contributed by atoms with Crippen molar-refractivity contribution in [2.45, 2.75) is 78.6 Å². The van der Waals surface area contributed by atoms with Crippen LogP contribution in [0.25, 0.3) is 11.3 Å². The minimum absolute atomic E-state index is 0.0655. The van der Waals surface area contributed by atoms with E-state index in [-0.39, 0.29) is 10.8 Å². The van der Waals surface area contributed by atoms with Crippen LogP contribution in [0, 0.1) is 6.92 Å². The third kappa shape index (κ3) is 4.61. The molecule has 3 rings (SSSR count). The molecule has 0 unspecified atom stereocenters. The summed E-state index contributed by atoms with van der Waals surface area (Å²) in [6, 6.07) is 17.4. The van der Waals surface area contributed by atoms with E-state index in [1.807, 2.05) is 29.8 Å². The van der Waals surface area contributed by atoms with E-state index in [1.54, 1.807) is 0 Å². The molecule has 3 aromatic rings. The predicted octanol–water partition coefficient (Wildman–Crippen LogP) is 7.41. The third-order valence-corrected chi connectivity index (χ3v) is 6.33. The van der Waals surface area contributed by atoms with E-state index in [0.717, 1.165) is 33.5 Å². The fraction of sp³-hybridized carbons (Fsp3) is 0.433. The smallest absolute Gasteiger partial charge is 0.201 e. The second-order valence-electron chi connectivity index (χ2n) is 11.4. The Morgan fingerprint density at radius 2 is 1.35 bits per heavy atom. The fourth-order valence-electron chi connectivity index (χ4n) is 4.20. The van der Waals surface area contributed by atoms with E-state index < -0.39 is 5.41 Å². The Bertz CT molecular complexity index is 1180. The molecule has 0 amide bonds. The van der Waals surface area contributed by atoms with Gasteiger partial charge in [0.1, 0.15) is 8.42 Å². The first kappa shape index (κ1) is 20.5. The largest absolute Gasteiger partial charge is 0.212 e. The van der Waals surface area contributed by atoms with Gasteiger partial charge in [-0.3, -0.25) is 0 Å². The van der Waals surface area contributed by atoms with Crippen molar-refractivity contribution in [3.8, 4) is 11.3 Å². The first-order chi connectivity index (χ1) is 15.1. The second-order valence-corrected chi connectivity index (χ2v) is 11.4. The molecule has 0 bridgehead atoms. The van der Waals surface area contributed by atoms with Crippen molar-refractivity contribution in [3.05, 3.63) is 88.6 Å². The highest BCUT2D eigenvalue weighted by atomic mass is 14.9.